The molecular formula is C24H25F3N4O5S. The van der Waals surface area contributed by atoms with E-state index in [0.717, 1.165) is 0 Å². The normalized spacial score (nSPS) is 23.5. The van der Waals surface area contributed by atoms with Crippen molar-refractivity contribution < 1.29 is 37.3 Å². The quantitative estimate of drug-likeness (QED) is 0.469. The SMILES string of the molecule is CCOC(=O)C1=C(CN2CC(OCC(=O)O)C(F)(F)C2)NC(c2nccs2)=N[C@@]1(C)c1ccc(F)cc1. The lowest BCUT2D eigenvalue weighted by atomic mass is 9.82. The molecule has 0 saturated carbocycles. The lowest BCUT2D eigenvalue weighted by Crippen LogP contribution is -2.45. The molecule has 0 spiro atoms. The fraction of sp³-hybridized carbons (Fsp3) is 0.417. The third-order valence-corrected chi connectivity index (χ3v) is 6.81. The highest BCUT2D eigenvalue weighted by atomic mass is 32.1. The molecule has 2 aliphatic heterocycles. The van der Waals surface area contributed by atoms with Crippen LogP contribution in [0, 0.1) is 5.82 Å². The number of aliphatic imine (C=N–C) groups is 1. The van der Waals surface area contributed by atoms with Gasteiger partial charge in [-0.3, -0.25) is 4.90 Å². The average molecular weight is 539 g/mol. The van der Waals surface area contributed by atoms with Crippen LogP contribution in [0.3, 0.4) is 0 Å². The molecule has 1 aromatic carbocycles. The van der Waals surface area contributed by atoms with E-state index in [-0.39, 0.29) is 31.0 Å². The van der Waals surface area contributed by atoms with Crippen molar-refractivity contribution in [1.82, 2.24) is 15.2 Å². The molecule has 1 saturated heterocycles. The molecule has 4 rings (SSSR count). The molecule has 13 heteroatoms. The largest absolute Gasteiger partial charge is 0.480 e. The van der Waals surface area contributed by atoms with Crippen LogP contribution >= 0.6 is 11.3 Å². The van der Waals surface area contributed by atoms with Crippen molar-refractivity contribution >= 4 is 29.1 Å². The van der Waals surface area contributed by atoms with Gasteiger partial charge in [0.25, 0.3) is 5.92 Å². The van der Waals surface area contributed by atoms with Gasteiger partial charge in [0.05, 0.1) is 18.7 Å². The number of halogens is 3. The number of benzene rings is 1. The highest BCUT2D eigenvalue weighted by Gasteiger charge is 2.50. The van der Waals surface area contributed by atoms with Crippen LogP contribution in [0.1, 0.15) is 24.4 Å². The van der Waals surface area contributed by atoms with Gasteiger partial charge in [0, 0.05) is 30.4 Å². The van der Waals surface area contributed by atoms with E-state index in [2.05, 4.69) is 10.3 Å². The van der Waals surface area contributed by atoms with Crippen LogP contribution in [-0.2, 0) is 24.6 Å². The first kappa shape index (κ1) is 26.8. The minimum atomic E-state index is -3.30. The molecule has 0 aliphatic carbocycles. The molecule has 0 amide bonds. The molecule has 2 aliphatic rings. The molecule has 2 atom stereocenters. The number of aromatic nitrogens is 1. The van der Waals surface area contributed by atoms with Gasteiger partial charge in [0.1, 0.15) is 24.1 Å². The van der Waals surface area contributed by atoms with E-state index in [1.165, 1.54) is 40.5 Å². The Hall–Kier alpha value is -3.29. The van der Waals surface area contributed by atoms with Crippen LogP contribution in [0.4, 0.5) is 13.2 Å². The van der Waals surface area contributed by atoms with E-state index in [4.69, 9.17) is 19.6 Å². The summed E-state index contributed by atoms with van der Waals surface area (Å²) in [6.45, 7) is 1.39. The molecule has 1 fully saturated rings. The van der Waals surface area contributed by atoms with Gasteiger partial charge >= 0.3 is 11.9 Å². The monoisotopic (exact) mass is 538 g/mol. The number of carbonyl (C=O) groups is 2. The maximum atomic E-state index is 14.6. The predicted molar refractivity (Wildman–Crippen MR) is 128 cm³/mol. The lowest BCUT2D eigenvalue weighted by molar-refractivity contribution is -0.152. The highest BCUT2D eigenvalue weighted by Crippen LogP contribution is 2.40. The second kappa shape index (κ2) is 10.6. The molecular weight excluding hydrogens is 513 g/mol. The summed E-state index contributed by atoms with van der Waals surface area (Å²) in [4.78, 5) is 34.5. The fourth-order valence-corrected chi connectivity index (χ4v) is 4.98. The Morgan fingerprint density at radius 2 is 2.03 bits per heavy atom. The van der Waals surface area contributed by atoms with Crippen molar-refractivity contribution in [1.29, 1.82) is 0 Å². The van der Waals surface area contributed by atoms with Gasteiger partial charge in [0.15, 0.2) is 10.8 Å². The zero-order valence-corrected chi connectivity index (χ0v) is 20.9. The van der Waals surface area contributed by atoms with Crippen molar-refractivity contribution in [2.45, 2.75) is 31.4 Å². The third-order valence-electron chi connectivity index (χ3n) is 6.03. The number of carboxylic acids is 1. The minimum absolute atomic E-state index is 0.0606. The maximum absolute atomic E-state index is 14.6. The van der Waals surface area contributed by atoms with E-state index < -0.39 is 48.5 Å². The molecule has 3 heterocycles. The Balaban J connectivity index is 1.76. The molecule has 0 bridgehead atoms. The first-order chi connectivity index (χ1) is 17.5. The Kier molecular flexibility index (Phi) is 7.67. The zero-order chi connectivity index (χ0) is 26.8. The molecule has 2 aromatic rings. The van der Waals surface area contributed by atoms with Crippen LogP contribution in [0.2, 0.25) is 0 Å². The van der Waals surface area contributed by atoms with Gasteiger partial charge in [-0.2, -0.15) is 0 Å². The summed E-state index contributed by atoms with van der Waals surface area (Å²) >= 11 is 1.29. The van der Waals surface area contributed by atoms with Crippen LogP contribution in [0.15, 0.2) is 52.1 Å². The maximum Gasteiger partial charge on any atom is 0.338 e. The van der Waals surface area contributed by atoms with Crippen LogP contribution in [0.25, 0.3) is 0 Å². The highest BCUT2D eigenvalue weighted by molar-refractivity contribution is 7.11. The Bertz CT molecular complexity index is 1220. The topological polar surface area (TPSA) is 113 Å². The number of amidine groups is 1. The number of nitrogens with one attached hydrogen (secondary N) is 1. The Morgan fingerprint density at radius 1 is 1.30 bits per heavy atom. The van der Waals surface area contributed by atoms with Crippen molar-refractivity contribution in [3.8, 4) is 0 Å². The smallest absolute Gasteiger partial charge is 0.338 e. The molecule has 1 aromatic heterocycles. The van der Waals surface area contributed by atoms with Crippen molar-refractivity contribution in [3.63, 3.8) is 0 Å². The van der Waals surface area contributed by atoms with Gasteiger partial charge in [-0.25, -0.2) is 32.7 Å². The number of hydrogen-bond donors (Lipinski definition) is 2. The van der Waals surface area contributed by atoms with E-state index in [1.54, 1.807) is 25.4 Å². The number of esters is 1. The van der Waals surface area contributed by atoms with Crippen LogP contribution in [-0.4, -0.2) is 77.6 Å². The van der Waals surface area contributed by atoms with Gasteiger partial charge in [-0.05, 0) is 31.5 Å². The second-order valence-corrected chi connectivity index (χ2v) is 9.59. The lowest BCUT2D eigenvalue weighted by Gasteiger charge is -2.36. The van der Waals surface area contributed by atoms with Gasteiger partial charge in [-0.1, -0.05) is 12.1 Å². The van der Waals surface area contributed by atoms with Crippen molar-refractivity contribution in [2.75, 3.05) is 32.8 Å². The summed E-state index contributed by atoms with van der Waals surface area (Å²) in [6.07, 6.45) is -0.0517. The molecule has 1 unspecified atom stereocenters. The number of alkyl halides is 2. The number of likely N-dealkylation sites (tertiary alicyclic amines) is 1. The van der Waals surface area contributed by atoms with Gasteiger partial charge in [-0.15, -0.1) is 11.3 Å². The van der Waals surface area contributed by atoms with E-state index in [1.807, 2.05) is 0 Å². The third kappa shape index (κ3) is 5.68. The summed E-state index contributed by atoms with van der Waals surface area (Å²) in [6, 6.07) is 5.49. The number of carbonyl (C=O) groups excluding carboxylic acids is 1. The van der Waals surface area contributed by atoms with Crippen LogP contribution in [0.5, 0.6) is 0 Å². The first-order valence-corrected chi connectivity index (χ1v) is 12.3. The number of thiazole rings is 1. The van der Waals surface area contributed by atoms with Crippen molar-refractivity contribution in [3.05, 3.63) is 63.5 Å². The van der Waals surface area contributed by atoms with Gasteiger partial charge < -0.3 is 19.9 Å². The van der Waals surface area contributed by atoms with Crippen LogP contribution < -0.4 is 5.32 Å². The van der Waals surface area contributed by atoms with E-state index in [0.29, 0.717) is 16.4 Å². The summed E-state index contributed by atoms with van der Waals surface area (Å²) in [5, 5.41) is 14.2. The standard InChI is InChI=1S/C24H25F3N4O5S/c1-3-35-22(34)19-16(10-31-11-17(24(26,27)13-31)36-12-18(32)33)29-20(21-28-8-9-37-21)30-23(19,2)14-4-6-15(25)7-5-14/h4-9,17H,3,10-13H2,1-2H3,(H,29,30)(H,32,33)/t17?,23-/m0/s1. The van der Waals surface area contributed by atoms with E-state index >= 15 is 0 Å². The average Bonchev–Trinajstić information content (AvgIpc) is 3.45. The number of aliphatic carboxylic acids is 1. The van der Waals surface area contributed by atoms with Gasteiger partial charge in [0.2, 0.25) is 0 Å². The second-order valence-electron chi connectivity index (χ2n) is 8.70. The molecule has 37 heavy (non-hydrogen) atoms. The Labute approximate surface area is 214 Å². The number of rotatable bonds is 9. The van der Waals surface area contributed by atoms with Crippen molar-refractivity contribution in [2.24, 2.45) is 4.99 Å². The Morgan fingerprint density at radius 3 is 2.65 bits per heavy atom. The number of hydrogen-bond acceptors (Lipinski definition) is 9. The first-order valence-electron chi connectivity index (χ1n) is 11.4. The van der Waals surface area contributed by atoms with E-state index in [9.17, 15) is 22.8 Å². The molecule has 198 valence electrons. The number of carboxylic acid groups (broad SMARTS) is 1. The molecule has 2 N–H and O–H groups in total. The summed E-state index contributed by atoms with van der Waals surface area (Å²) < 4.78 is 53.3. The zero-order valence-electron chi connectivity index (χ0n) is 20.0. The molecule has 9 nitrogen and oxygen atoms in total. The fourth-order valence-electron chi connectivity index (χ4n) is 4.40. The summed E-state index contributed by atoms with van der Waals surface area (Å²) in [7, 11) is 0. The molecule has 0 radical (unpaired) electrons. The summed E-state index contributed by atoms with van der Waals surface area (Å²) in [5.74, 6) is -5.52. The number of nitrogens with zero attached hydrogens (tertiary/aromatic N) is 3. The number of ether oxygens (including phenoxy) is 2. The summed E-state index contributed by atoms with van der Waals surface area (Å²) in [5.41, 5.74) is -0.526. The minimum Gasteiger partial charge on any atom is -0.480 e. The predicted octanol–water partition coefficient (Wildman–Crippen LogP) is 2.79.